The van der Waals surface area contributed by atoms with E-state index < -0.39 is 5.60 Å². The summed E-state index contributed by atoms with van der Waals surface area (Å²) in [5, 5.41) is 0. The average Bonchev–Trinajstić information content (AvgIpc) is 2.13. The van der Waals surface area contributed by atoms with Crippen molar-refractivity contribution in [3.63, 3.8) is 0 Å². The quantitative estimate of drug-likeness (QED) is 0.287. The summed E-state index contributed by atoms with van der Waals surface area (Å²) in [5.74, 6) is -0.216. The van der Waals surface area contributed by atoms with Gasteiger partial charge in [0.05, 0.1) is 28.8 Å². The van der Waals surface area contributed by atoms with Crippen molar-refractivity contribution < 1.29 is 18.5 Å². The Labute approximate surface area is 114 Å². The van der Waals surface area contributed by atoms with Gasteiger partial charge in [-0.2, -0.15) is 0 Å². The maximum Gasteiger partial charge on any atom is 0.308 e. The highest BCUT2D eigenvalue weighted by molar-refractivity contribution is 14.2. The number of esters is 1. The second-order valence-corrected chi connectivity index (χ2v) is 5.63. The van der Waals surface area contributed by atoms with Crippen LogP contribution in [0.4, 0.5) is 0 Å². The van der Waals surface area contributed by atoms with E-state index in [4.69, 9.17) is 13.7 Å². The molecule has 16 heavy (non-hydrogen) atoms. The zero-order valence-corrected chi connectivity index (χ0v) is 12.9. The Morgan fingerprint density at radius 2 is 1.94 bits per heavy atom. The standard InChI is InChI=1S/C10H19IO4S/c1-10(2,3)15-9(12)5-8-13-6-4-7-14-16-11/h4-8H2,1-3H3. The topological polar surface area (TPSA) is 44.8 Å². The molecule has 0 radical (unpaired) electrons. The van der Waals surface area contributed by atoms with Crippen LogP contribution >= 0.6 is 30.4 Å². The van der Waals surface area contributed by atoms with Crippen molar-refractivity contribution in [2.45, 2.75) is 39.2 Å². The van der Waals surface area contributed by atoms with Gasteiger partial charge in [0.15, 0.2) is 0 Å². The van der Waals surface area contributed by atoms with Crippen LogP contribution in [0.3, 0.4) is 0 Å². The second-order valence-electron chi connectivity index (χ2n) is 4.19. The van der Waals surface area contributed by atoms with Crippen molar-refractivity contribution in [1.29, 1.82) is 0 Å². The van der Waals surface area contributed by atoms with Gasteiger partial charge in [0.1, 0.15) is 5.60 Å². The van der Waals surface area contributed by atoms with Gasteiger partial charge >= 0.3 is 5.97 Å². The zero-order chi connectivity index (χ0) is 12.4. The number of carbonyl (C=O) groups is 1. The number of rotatable bonds is 8. The molecule has 0 aromatic carbocycles. The summed E-state index contributed by atoms with van der Waals surface area (Å²) in [5.41, 5.74) is -0.414. The number of halogens is 1. The Kier molecular flexibility index (Phi) is 9.77. The Hall–Kier alpha value is 0.470. The van der Waals surface area contributed by atoms with Gasteiger partial charge in [-0.05, 0) is 27.2 Å². The van der Waals surface area contributed by atoms with Crippen molar-refractivity contribution in [1.82, 2.24) is 0 Å². The Morgan fingerprint density at radius 3 is 2.50 bits per heavy atom. The molecule has 0 fully saturated rings. The average molecular weight is 362 g/mol. The smallest absolute Gasteiger partial charge is 0.308 e. The van der Waals surface area contributed by atoms with E-state index in [1.165, 1.54) is 9.21 Å². The minimum absolute atomic E-state index is 0.216. The third-order valence-corrected chi connectivity index (χ3v) is 2.45. The fraction of sp³-hybridized carbons (Fsp3) is 0.900. The molecule has 0 saturated heterocycles. The van der Waals surface area contributed by atoms with E-state index >= 15 is 0 Å². The second kappa shape index (κ2) is 9.49. The lowest BCUT2D eigenvalue weighted by Gasteiger charge is -2.19. The summed E-state index contributed by atoms with van der Waals surface area (Å²) in [6.07, 6.45) is 1.14. The number of carbonyl (C=O) groups excluding carboxylic acids is 1. The Bertz CT molecular complexity index is 194. The first-order chi connectivity index (χ1) is 7.45. The van der Waals surface area contributed by atoms with Crippen LogP contribution in [0.1, 0.15) is 33.6 Å². The van der Waals surface area contributed by atoms with Crippen LogP contribution in [0.2, 0.25) is 0 Å². The highest BCUT2D eigenvalue weighted by Gasteiger charge is 2.15. The maximum atomic E-state index is 11.3. The largest absolute Gasteiger partial charge is 0.460 e. The van der Waals surface area contributed by atoms with Crippen LogP contribution in [-0.4, -0.2) is 31.4 Å². The van der Waals surface area contributed by atoms with E-state index in [1.807, 2.05) is 20.8 Å². The van der Waals surface area contributed by atoms with Crippen LogP contribution < -0.4 is 0 Å². The first-order valence-electron chi connectivity index (χ1n) is 5.15. The molecular formula is C10H19IO4S. The molecule has 0 aliphatic carbocycles. The minimum atomic E-state index is -0.414. The van der Waals surface area contributed by atoms with Crippen LogP contribution in [0.5, 0.6) is 0 Å². The SMILES string of the molecule is CC(C)(C)OC(=O)CCOCCCOSI. The Balaban J connectivity index is 3.28. The van der Waals surface area contributed by atoms with Crippen LogP contribution in [0, 0.1) is 0 Å². The molecule has 4 nitrogen and oxygen atoms in total. The summed E-state index contributed by atoms with van der Waals surface area (Å²) >= 11 is 2.07. The highest BCUT2D eigenvalue weighted by atomic mass is 127. The van der Waals surface area contributed by atoms with Gasteiger partial charge in [-0.25, -0.2) is 0 Å². The lowest BCUT2D eigenvalue weighted by atomic mass is 10.2. The van der Waals surface area contributed by atoms with Gasteiger partial charge in [-0.1, -0.05) is 0 Å². The molecule has 0 rings (SSSR count). The number of ether oxygens (including phenoxy) is 2. The van der Waals surface area contributed by atoms with Gasteiger partial charge < -0.3 is 13.7 Å². The first kappa shape index (κ1) is 16.5. The van der Waals surface area contributed by atoms with E-state index in [0.29, 0.717) is 26.2 Å². The predicted molar refractivity (Wildman–Crippen MR) is 73.5 cm³/mol. The zero-order valence-electron chi connectivity index (χ0n) is 9.95. The Morgan fingerprint density at radius 1 is 1.25 bits per heavy atom. The lowest BCUT2D eigenvalue weighted by molar-refractivity contribution is -0.156. The van der Waals surface area contributed by atoms with E-state index in [1.54, 1.807) is 0 Å². The summed E-state index contributed by atoms with van der Waals surface area (Å²) < 4.78 is 15.5. The molecule has 0 aliphatic heterocycles. The fourth-order valence-electron chi connectivity index (χ4n) is 0.902. The van der Waals surface area contributed by atoms with Crippen LogP contribution in [-0.2, 0) is 18.5 Å². The molecule has 0 N–H and O–H groups in total. The summed E-state index contributed by atoms with van der Waals surface area (Å²) in [7, 11) is 1.32. The molecule has 0 atom stereocenters. The van der Waals surface area contributed by atoms with E-state index in [0.717, 1.165) is 6.42 Å². The molecular weight excluding hydrogens is 343 g/mol. The molecule has 0 saturated carbocycles. The van der Waals surface area contributed by atoms with Gasteiger partial charge in [0.2, 0.25) is 0 Å². The maximum absolute atomic E-state index is 11.3. The van der Waals surface area contributed by atoms with Crippen LogP contribution in [0.15, 0.2) is 0 Å². The summed E-state index contributed by atoms with van der Waals surface area (Å²) in [6, 6.07) is 0. The normalized spacial score (nSPS) is 11.5. The monoisotopic (exact) mass is 362 g/mol. The van der Waals surface area contributed by atoms with Crippen molar-refractivity contribution >= 4 is 36.4 Å². The molecule has 0 unspecified atom stereocenters. The molecule has 0 aromatic rings. The molecule has 0 heterocycles. The van der Waals surface area contributed by atoms with E-state index in [9.17, 15) is 4.79 Å². The third kappa shape index (κ3) is 12.5. The third-order valence-electron chi connectivity index (χ3n) is 1.43. The van der Waals surface area contributed by atoms with Crippen molar-refractivity contribution in [2.24, 2.45) is 0 Å². The van der Waals surface area contributed by atoms with E-state index in [2.05, 4.69) is 21.2 Å². The van der Waals surface area contributed by atoms with Crippen molar-refractivity contribution in [3.05, 3.63) is 0 Å². The van der Waals surface area contributed by atoms with Crippen molar-refractivity contribution in [3.8, 4) is 0 Å². The molecule has 0 aliphatic rings. The first-order valence-corrected chi connectivity index (χ1v) is 8.44. The van der Waals surface area contributed by atoms with E-state index in [-0.39, 0.29) is 5.97 Å². The lowest BCUT2D eigenvalue weighted by Crippen LogP contribution is -2.24. The van der Waals surface area contributed by atoms with Crippen LogP contribution in [0.25, 0.3) is 0 Å². The van der Waals surface area contributed by atoms with Gasteiger partial charge in [-0.3, -0.25) is 4.79 Å². The minimum Gasteiger partial charge on any atom is -0.460 e. The predicted octanol–water partition coefficient (Wildman–Crippen LogP) is 3.14. The number of hydrogen-bond donors (Lipinski definition) is 0. The summed E-state index contributed by atoms with van der Waals surface area (Å²) in [4.78, 5) is 11.3. The fourth-order valence-corrected chi connectivity index (χ4v) is 1.62. The molecule has 0 amide bonds. The van der Waals surface area contributed by atoms with Gasteiger partial charge in [0.25, 0.3) is 0 Å². The van der Waals surface area contributed by atoms with Gasteiger partial charge in [-0.15, -0.1) is 0 Å². The molecule has 0 aromatic heterocycles. The molecule has 96 valence electrons. The molecule has 0 spiro atoms. The highest BCUT2D eigenvalue weighted by Crippen LogP contribution is 2.12. The number of hydrogen-bond acceptors (Lipinski definition) is 5. The van der Waals surface area contributed by atoms with Gasteiger partial charge in [0, 0.05) is 27.8 Å². The molecule has 6 heteroatoms. The molecule has 0 bridgehead atoms. The summed E-state index contributed by atoms with van der Waals surface area (Å²) in [6.45, 7) is 7.24. The van der Waals surface area contributed by atoms with Crippen molar-refractivity contribution in [2.75, 3.05) is 19.8 Å².